The van der Waals surface area contributed by atoms with Crippen LogP contribution in [0.15, 0.2) is 47.1 Å². The van der Waals surface area contributed by atoms with Crippen LogP contribution in [0.1, 0.15) is 40.2 Å². The van der Waals surface area contributed by atoms with E-state index in [4.69, 9.17) is 14.1 Å². The number of aromatic nitrogens is 1. The number of allylic oxidation sites excluding steroid dienone is 1. The summed E-state index contributed by atoms with van der Waals surface area (Å²) in [6.45, 7) is -0.285. The standard InChI is InChI=1S/C23H22N2O4/c1-25(2)20(26)14-29-23(27)21-17-9-3-4-11-19(17)24-22-15(7-5-10-18(21)22)13-16-8-6-12-28-16/h3-4,6,8-9,11-13H,5,7,10,14H2,1-2H3/b15-13-. The number of para-hydroxylation sites is 1. The predicted molar refractivity (Wildman–Crippen MR) is 110 cm³/mol. The number of hydrogen-bond donors (Lipinski definition) is 0. The Morgan fingerprint density at radius 2 is 2.00 bits per heavy atom. The van der Waals surface area contributed by atoms with Crippen molar-refractivity contribution in [1.29, 1.82) is 0 Å². The van der Waals surface area contributed by atoms with E-state index < -0.39 is 5.97 Å². The van der Waals surface area contributed by atoms with Crippen molar-refractivity contribution in [2.75, 3.05) is 20.7 Å². The van der Waals surface area contributed by atoms with E-state index in [1.807, 2.05) is 42.5 Å². The van der Waals surface area contributed by atoms with E-state index in [1.54, 1.807) is 20.4 Å². The van der Waals surface area contributed by atoms with Crippen molar-refractivity contribution >= 4 is 34.4 Å². The lowest BCUT2D eigenvalue weighted by Crippen LogP contribution is -2.28. The minimum Gasteiger partial charge on any atom is -0.465 e. The minimum absolute atomic E-state index is 0.260. The van der Waals surface area contributed by atoms with Crippen LogP contribution in [-0.2, 0) is 16.0 Å². The number of pyridine rings is 1. The Balaban J connectivity index is 1.81. The highest BCUT2D eigenvalue weighted by Gasteiger charge is 2.26. The zero-order valence-electron chi connectivity index (χ0n) is 16.5. The number of benzene rings is 1. The highest BCUT2D eigenvalue weighted by Crippen LogP contribution is 2.36. The van der Waals surface area contributed by atoms with Gasteiger partial charge in [0.1, 0.15) is 5.76 Å². The molecule has 1 aromatic carbocycles. The third kappa shape index (κ3) is 3.78. The molecule has 29 heavy (non-hydrogen) atoms. The van der Waals surface area contributed by atoms with Crippen LogP contribution in [0.5, 0.6) is 0 Å². The van der Waals surface area contributed by atoms with Crippen molar-refractivity contribution < 1.29 is 18.7 Å². The van der Waals surface area contributed by atoms with Crippen LogP contribution in [0, 0.1) is 0 Å². The van der Waals surface area contributed by atoms with Crippen LogP contribution in [-0.4, -0.2) is 42.5 Å². The van der Waals surface area contributed by atoms with Crippen molar-refractivity contribution in [3.8, 4) is 0 Å². The van der Waals surface area contributed by atoms with Gasteiger partial charge in [-0.3, -0.25) is 4.79 Å². The van der Waals surface area contributed by atoms with Crippen molar-refractivity contribution in [3.63, 3.8) is 0 Å². The number of ether oxygens (including phenoxy) is 1. The molecule has 2 heterocycles. The molecule has 0 saturated carbocycles. The average molecular weight is 390 g/mol. The number of likely N-dealkylation sites (N-methyl/N-ethyl adjacent to an activating group) is 1. The quantitative estimate of drug-likeness (QED) is 0.631. The summed E-state index contributed by atoms with van der Waals surface area (Å²) < 4.78 is 10.8. The maximum absolute atomic E-state index is 13.0. The van der Waals surface area contributed by atoms with E-state index in [-0.39, 0.29) is 12.5 Å². The molecule has 0 spiro atoms. The number of nitrogens with zero attached hydrogens (tertiary/aromatic N) is 2. The first-order chi connectivity index (χ1) is 14.0. The monoisotopic (exact) mass is 390 g/mol. The largest absolute Gasteiger partial charge is 0.465 e. The molecule has 2 aromatic heterocycles. The number of esters is 1. The van der Waals surface area contributed by atoms with Crippen molar-refractivity contribution in [2.45, 2.75) is 19.3 Å². The molecule has 6 heteroatoms. The Morgan fingerprint density at radius 3 is 2.76 bits per heavy atom. The lowest BCUT2D eigenvalue weighted by atomic mass is 9.86. The van der Waals surface area contributed by atoms with Gasteiger partial charge in [-0.25, -0.2) is 9.78 Å². The molecule has 4 rings (SSSR count). The molecule has 3 aromatic rings. The summed E-state index contributed by atoms with van der Waals surface area (Å²) in [6, 6.07) is 11.3. The van der Waals surface area contributed by atoms with Crippen molar-refractivity contribution in [3.05, 3.63) is 65.2 Å². The summed E-state index contributed by atoms with van der Waals surface area (Å²) in [5, 5.41) is 0.743. The van der Waals surface area contributed by atoms with Gasteiger partial charge in [-0.2, -0.15) is 0 Å². The molecule has 0 aliphatic heterocycles. The molecular formula is C23H22N2O4. The highest BCUT2D eigenvalue weighted by atomic mass is 16.5. The number of hydrogen-bond acceptors (Lipinski definition) is 5. The molecule has 0 unspecified atom stereocenters. The van der Waals surface area contributed by atoms with Crippen molar-refractivity contribution in [1.82, 2.24) is 9.88 Å². The van der Waals surface area contributed by atoms with Gasteiger partial charge in [0.15, 0.2) is 6.61 Å². The molecule has 0 atom stereocenters. The Hall–Kier alpha value is -3.41. The van der Waals surface area contributed by atoms with Crippen LogP contribution >= 0.6 is 0 Å². The summed E-state index contributed by atoms with van der Waals surface area (Å²) in [5.74, 6) is 0.00166. The molecule has 0 bridgehead atoms. The second-order valence-corrected chi connectivity index (χ2v) is 7.23. The fraction of sp³-hybridized carbons (Fsp3) is 0.261. The zero-order valence-corrected chi connectivity index (χ0v) is 16.5. The molecule has 6 nitrogen and oxygen atoms in total. The zero-order chi connectivity index (χ0) is 20.4. The molecule has 0 fully saturated rings. The van der Waals surface area contributed by atoms with Gasteiger partial charge in [-0.05, 0) is 54.7 Å². The second kappa shape index (κ2) is 7.91. The van der Waals surface area contributed by atoms with Crippen molar-refractivity contribution in [2.24, 2.45) is 0 Å². The smallest absolute Gasteiger partial charge is 0.339 e. The Labute approximate surface area is 168 Å². The molecule has 0 saturated heterocycles. The van der Waals surface area contributed by atoms with Gasteiger partial charge in [0.2, 0.25) is 0 Å². The van der Waals surface area contributed by atoms with Gasteiger partial charge in [-0.1, -0.05) is 18.2 Å². The summed E-state index contributed by atoms with van der Waals surface area (Å²) in [5.41, 5.74) is 3.93. The summed E-state index contributed by atoms with van der Waals surface area (Å²) in [6.07, 6.45) is 6.09. The van der Waals surface area contributed by atoms with Gasteiger partial charge in [0.25, 0.3) is 5.91 Å². The minimum atomic E-state index is -0.491. The first-order valence-corrected chi connectivity index (χ1v) is 9.58. The first kappa shape index (κ1) is 18.9. The van der Waals surface area contributed by atoms with E-state index in [1.165, 1.54) is 4.90 Å². The van der Waals surface area contributed by atoms with Gasteiger partial charge in [0.05, 0.1) is 23.0 Å². The maximum Gasteiger partial charge on any atom is 0.339 e. The van der Waals surface area contributed by atoms with Crippen LogP contribution in [0.4, 0.5) is 0 Å². The van der Waals surface area contributed by atoms with E-state index in [0.29, 0.717) is 5.56 Å². The van der Waals surface area contributed by atoms with Crippen LogP contribution < -0.4 is 0 Å². The van der Waals surface area contributed by atoms with Gasteiger partial charge >= 0.3 is 5.97 Å². The number of amides is 1. The normalized spacial score (nSPS) is 14.6. The number of rotatable bonds is 4. The number of carbonyl (C=O) groups is 2. The molecule has 0 N–H and O–H groups in total. The lowest BCUT2D eigenvalue weighted by Gasteiger charge is -2.22. The van der Waals surface area contributed by atoms with Gasteiger partial charge in [-0.15, -0.1) is 0 Å². The van der Waals surface area contributed by atoms with E-state index in [9.17, 15) is 9.59 Å². The van der Waals surface area contributed by atoms with Crippen LogP contribution in [0.3, 0.4) is 0 Å². The maximum atomic E-state index is 13.0. The number of carbonyl (C=O) groups excluding carboxylic acids is 2. The molecule has 148 valence electrons. The molecule has 0 radical (unpaired) electrons. The topological polar surface area (TPSA) is 72.6 Å². The third-order valence-electron chi connectivity index (χ3n) is 5.06. The molecule has 1 amide bonds. The summed E-state index contributed by atoms with van der Waals surface area (Å²) in [4.78, 5) is 31.2. The summed E-state index contributed by atoms with van der Waals surface area (Å²) >= 11 is 0. The van der Waals surface area contributed by atoms with E-state index in [2.05, 4.69) is 0 Å². The molecule has 1 aliphatic rings. The Morgan fingerprint density at radius 1 is 1.17 bits per heavy atom. The number of furan rings is 1. The fourth-order valence-corrected chi connectivity index (χ4v) is 3.58. The van der Waals surface area contributed by atoms with Gasteiger partial charge in [0, 0.05) is 19.5 Å². The van der Waals surface area contributed by atoms with Crippen LogP contribution in [0.25, 0.3) is 22.6 Å². The van der Waals surface area contributed by atoms with E-state index in [0.717, 1.165) is 52.8 Å². The average Bonchev–Trinajstić information content (AvgIpc) is 3.23. The van der Waals surface area contributed by atoms with E-state index >= 15 is 0 Å². The molecule has 1 aliphatic carbocycles. The van der Waals surface area contributed by atoms with Crippen LogP contribution in [0.2, 0.25) is 0 Å². The van der Waals surface area contributed by atoms with Gasteiger partial charge < -0.3 is 14.1 Å². The Kier molecular flexibility index (Phi) is 5.16. The lowest BCUT2D eigenvalue weighted by molar-refractivity contribution is -0.131. The SMILES string of the molecule is CN(C)C(=O)COC(=O)c1c2c(nc3ccccc13)/C(=C\c1ccco1)CCC2. The summed E-state index contributed by atoms with van der Waals surface area (Å²) in [7, 11) is 3.26. The highest BCUT2D eigenvalue weighted by molar-refractivity contribution is 6.07. The Bertz CT molecular complexity index is 1100. The number of fused-ring (bicyclic) bond motifs is 2. The fourth-order valence-electron chi connectivity index (χ4n) is 3.58. The predicted octanol–water partition coefficient (Wildman–Crippen LogP) is 3.95. The second-order valence-electron chi connectivity index (χ2n) is 7.23. The third-order valence-corrected chi connectivity index (χ3v) is 5.06. The molecular weight excluding hydrogens is 368 g/mol. The first-order valence-electron chi connectivity index (χ1n) is 9.58.